The van der Waals surface area contributed by atoms with Gasteiger partial charge in [0.2, 0.25) is 0 Å². The van der Waals surface area contributed by atoms with Gasteiger partial charge >= 0.3 is 5.97 Å². The lowest BCUT2D eigenvalue weighted by atomic mass is 9.87. The van der Waals surface area contributed by atoms with Gasteiger partial charge in [0.15, 0.2) is 0 Å². The quantitative estimate of drug-likeness (QED) is 0.870. The predicted molar refractivity (Wildman–Crippen MR) is 72.1 cm³/mol. The molecule has 0 radical (unpaired) electrons. The first kappa shape index (κ1) is 14.6. The molecule has 1 atom stereocenters. The average molecular weight is 250 g/mol. The van der Waals surface area contributed by atoms with E-state index in [4.69, 9.17) is 9.84 Å². The summed E-state index contributed by atoms with van der Waals surface area (Å²) in [5.74, 6) is 0.0270. The molecule has 0 spiro atoms. The first-order valence-electron chi connectivity index (χ1n) is 6.24. The molecule has 0 fully saturated rings. The van der Waals surface area contributed by atoms with Crippen LogP contribution in [0.25, 0.3) is 0 Å². The normalized spacial score (nSPS) is 13.1. The Morgan fingerprint density at radius 1 is 1.28 bits per heavy atom. The van der Waals surface area contributed by atoms with Crippen LogP contribution in [-0.2, 0) is 10.2 Å². The summed E-state index contributed by atoms with van der Waals surface area (Å²) in [7, 11) is 0. The second kappa shape index (κ2) is 5.89. The van der Waals surface area contributed by atoms with E-state index in [1.165, 1.54) is 5.56 Å². The van der Waals surface area contributed by atoms with Crippen molar-refractivity contribution in [2.24, 2.45) is 5.92 Å². The maximum absolute atomic E-state index is 10.5. The van der Waals surface area contributed by atoms with E-state index in [0.717, 1.165) is 5.75 Å². The SMILES string of the molecule is CC(COc1ccc(C(C)(C)C)cc1)CC(=O)O. The van der Waals surface area contributed by atoms with Crippen LogP contribution in [0.15, 0.2) is 24.3 Å². The van der Waals surface area contributed by atoms with E-state index in [0.29, 0.717) is 6.61 Å². The lowest BCUT2D eigenvalue weighted by Crippen LogP contribution is -2.13. The molecule has 1 aromatic rings. The average Bonchev–Trinajstić information content (AvgIpc) is 2.25. The van der Waals surface area contributed by atoms with Crippen LogP contribution < -0.4 is 4.74 Å². The number of hydrogen-bond acceptors (Lipinski definition) is 2. The van der Waals surface area contributed by atoms with Crippen molar-refractivity contribution in [1.29, 1.82) is 0 Å². The van der Waals surface area contributed by atoms with Gasteiger partial charge in [0.1, 0.15) is 5.75 Å². The van der Waals surface area contributed by atoms with Gasteiger partial charge in [-0.1, -0.05) is 39.8 Å². The molecule has 0 aliphatic rings. The molecule has 1 aromatic carbocycles. The largest absolute Gasteiger partial charge is 0.493 e. The highest BCUT2D eigenvalue weighted by atomic mass is 16.5. The Hall–Kier alpha value is -1.51. The first-order valence-corrected chi connectivity index (χ1v) is 6.24. The number of carboxylic acid groups (broad SMARTS) is 1. The molecule has 1 rings (SSSR count). The van der Waals surface area contributed by atoms with E-state index in [2.05, 4.69) is 32.9 Å². The van der Waals surface area contributed by atoms with Gasteiger partial charge in [-0.3, -0.25) is 4.79 Å². The molecule has 3 nitrogen and oxygen atoms in total. The zero-order valence-electron chi connectivity index (χ0n) is 11.6. The fourth-order valence-electron chi connectivity index (χ4n) is 1.65. The second-order valence-corrected chi connectivity index (χ2v) is 5.79. The fraction of sp³-hybridized carbons (Fsp3) is 0.533. The minimum Gasteiger partial charge on any atom is -0.493 e. The molecule has 0 aliphatic heterocycles. The maximum atomic E-state index is 10.5. The molecular formula is C15H22O3. The third kappa shape index (κ3) is 4.78. The molecule has 3 heteroatoms. The van der Waals surface area contributed by atoms with E-state index in [1.54, 1.807) is 0 Å². The smallest absolute Gasteiger partial charge is 0.303 e. The first-order chi connectivity index (χ1) is 8.29. The van der Waals surface area contributed by atoms with Crippen LogP contribution in [0.5, 0.6) is 5.75 Å². The topological polar surface area (TPSA) is 46.5 Å². The van der Waals surface area contributed by atoms with Crippen LogP contribution in [0, 0.1) is 5.92 Å². The van der Waals surface area contributed by atoms with Crippen molar-refractivity contribution in [1.82, 2.24) is 0 Å². The van der Waals surface area contributed by atoms with Crippen molar-refractivity contribution in [3.05, 3.63) is 29.8 Å². The third-order valence-electron chi connectivity index (χ3n) is 2.78. The molecule has 18 heavy (non-hydrogen) atoms. The van der Waals surface area contributed by atoms with Crippen LogP contribution in [0.2, 0.25) is 0 Å². The summed E-state index contributed by atoms with van der Waals surface area (Å²) in [6, 6.07) is 7.98. The van der Waals surface area contributed by atoms with Crippen LogP contribution in [0.3, 0.4) is 0 Å². The molecule has 1 N–H and O–H groups in total. The van der Waals surface area contributed by atoms with Crippen molar-refractivity contribution < 1.29 is 14.6 Å². The molecule has 0 aliphatic carbocycles. The van der Waals surface area contributed by atoms with Crippen molar-refractivity contribution in [2.45, 2.75) is 39.5 Å². The van der Waals surface area contributed by atoms with Crippen LogP contribution in [-0.4, -0.2) is 17.7 Å². The summed E-state index contributed by atoms with van der Waals surface area (Å²) in [6.07, 6.45) is 0.139. The number of carboxylic acids is 1. The van der Waals surface area contributed by atoms with Crippen LogP contribution >= 0.6 is 0 Å². The molecule has 0 aromatic heterocycles. The third-order valence-corrected chi connectivity index (χ3v) is 2.78. The van der Waals surface area contributed by atoms with Gasteiger partial charge < -0.3 is 9.84 Å². The Morgan fingerprint density at radius 3 is 2.28 bits per heavy atom. The summed E-state index contributed by atoms with van der Waals surface area (Å²) in [6.45, 7) is 8.80. The van der Waals surface area contributed by atoms with Gasteiger partial charge in [-0.2, -0.15) is 0 Å². The minimum atomic E-state index is -0.783. The molecule has 0 saturated carbocycles. The van der Waals surface area contributed by atoms with Gasteiger partial charge in [0, 0.05) is 5.92 Å². The standard InChI is InChI=1S/C15H22O3/c1-11(9-14(16)17)10-18-13-7-5-12(6-8-13)15(2,3)4/h5-8,11H,9-10H2,1-4H3,(H,16,17). The number of aliphatic carboxylic acids is 1. The van der Waals surface area contributed by atoms with E-state index >= 15 is 0 Å². The van der Waals surface area contributed by atoms with E-state index in [9.17, 15) is 4.79 Å². The van der Waals surface area contributed by atoms with Gasteiger partial charge in [-0.05, 0) is 23.1 Å². The highest BCUT2D eigenvalue weighted by Gasteiger charge is 2.13. The Morgan fingerprint density at radius 2 is 1.83 bits per heavy atom. The van der Waals surface area contributed by atoms with Gasteiger partial charge in [0.25, 0.3) is 0 Å². The fourth-order valence-corrected chi connectivity index (χ4v) is 1.65. The van der Waals surface area contributed by atoms with Gasteiger partial charge in [-0.25, -0.2) is 0 Å². The highest BCUT2D eigenvalue weighted by molar-refractivity contribution is 5.66. The summed E-state index contributed by atoms with van der Waals surface area (Å²) in [5.41, 5.74) is 1.39. The number of carbonyl (C=O) groups is 1. The Labute approximate surface area is 109 Å². The summed E-state index contributed by atoms with van der Waals surface area (Å²) in [5, 5.41) is 8.65. The predicted octanol–water partition coefficient (Wildman–Crippen LogP) is 3.47. The minimum absolute atomic E-state index is 0.0183. The molecular weight excluding hydrogens is 228 g/mol. The highest BCUT2D eigenvalue weighted by Crippen LogP contribution is 2.24. The lowest BCUT2D eigenvalue weighted by molar-refractivity contribution is -0.138. The molecule has 100 valence electrons. The molecule has 0 saturated heterocycles. The molecule has 0 amide bonds. The van der Waals surface area contributed by atoms with Crippen LogP contribution in [0.4, 0.5) is 0 Å². The zero-order chi connectivity index (χ0) is 13.8. The van der Waals surface area contributed by atoms with Crippen molar-refractivity contribution in [2.75, 3.05) is 6.61 Å². The number of hydrogen-bond donors (Lipinski definition) is 1. The van der Waals surface area contributed by atoms with E-state index in [-0.39, 0.29) is 17.8 Å². The molecule has 0 heterocycles. The van der Waals surface area contributed by atoms with Crippen molar-refractivity contribution >= 4 is 5.97 Å². The Balaban J connectivity index is 2.52. The summed E-state index contributed by atoms with van der Waals surface area (Å²) in [4.78, 5) is 10.5. The summed E-state index contributed by atoms with van der Waals surface area (Å²) >= 11 is 0. The zero-order valence-corrected chi connectivity index (χ0v) is 11.6. The summed E-state index contributed by atoms with van der Waals surface area (Å²) < 4.78 is 5.57. The van der Waals surface area contributed by atoms with E-state index < -0.39 is 5.97 Å². The van der Waals surface area contributed by atoms with Crippen molar-refractivity contribution in [3.63, 3.8) is 0 Å². The number of ether oxygens (including phenoxy) is 1. The number of benzene rings is 1. The Bertz CT molecular complexity index is 387. The maximum Gasteiger partial charge on any atom is 0.303 e. The monoisotopic (exact) mass is 250 g/mol. The lowest BCUT2D eigenvalue weighted by Gasteiger charge is -2.19. The van der Waals surface area contributed by atoms with E-state index in [1.807, 2.05) is 19.1 Å². The van der Waals surface area contributed by atoms with Gasteiger partial charge in [0.05, 0.1) is 13.0 Å². The van der Waals surface area contributed by atoms with Crippen molar-refractivity contribution in [3.8, 4) is 5.75 Å². The second-order valence-electron chi connectivity index (χ2n) is 5.79. The molecule has 1 unspecified atom stereocenters. The number of rotatable bonds is 5. The molecule has 0 bridgehead atoms. The Kier molecular flexibility index (Phi) is 4.76. The van der Waals surface area contributed by atoms with Crippen LogP contribution in [0.1, 0.15) is 39.7 Å². The van der Waals surface area contributed by atoms with Gasteiger partial charge in [-0.15, -0.1) is 0 Å².